The lowest BCUT2D eigenvalue weighted by atomic mass is 9.85. The molecule has 6 rings (SSSR count). The minimum atomic E-state index is -1.07. The number of rotatable bonds is 6. The highest BCUT2D eigenvalue weighted by Crippen LogP contribution is 2.33. The highest BCUT2D eigenvalue weighted by molar-refractivity contribution is 5.79. The fraction of sp³-hybridized carbons (Fsp3) is 0.571. The number of aliphatic hydroxyl groups excluding tert-OH is 1. The zero-order valence-electron chi connectivity index (χ0n) is 22.0. The van der Waals surface area contributed by atoms with Gasteiger partial charge in [0.15, 0.2) is 17.3 Å². The molecule has 3 fully saturated rings. The van der Waals surface area contributed by atoms with Crippen LogP contribution in [0.2, 0.25) is 0 Å². The Bertz CT molecular complexity index is 1360. The molecule has 2 aromatic heterocycles. The van der Waals surface area contributed by atoms with E-state index in [0.29, 0.717) is 74.8 Å². The zero-order valence-corrected chi connectivity index (χ0v) is 22.0. The molecule has 2 aliphatic heterocycles. The molecule has 1 aliphatic carbocycles. The molecule has 0 radical (unpaired) electrons. The van der Waals surface area contributed by atoms with Gasteiger partial charge in [-0.2, -0.15) is 4.98 Å². The summed E-state index contributed by atoms with van der Waals surface area (Å²) in [5, 5.41) is 15.8. The van der Waals surface area contributed by atoms with Gasteiger partial charge < -0.3 is 25.4 Å². The predicted molar refractivity (Wildman–Crippen MR) is 147 cm³/mol. The summed E-state index contributed by atoms with van der Waals surface area (Å²) in [6.45, 7) is 2.14. The van der Waals surface area contributed by atoms with Gasteiger partial charge in [-0.1, -0.05) is 7.43 Å². The molecule has 1 aromatic carbocycles. The molecular weight excluding hydrogens is 539 g/mol. The van der Waals surface area contributed by atoms with Crippen molar-refractivity contribution in [3.05, 3.63) is 35.8 Å². The summed E-state index contributed by atoms with van der Waals surface area (Å²) in [4.78, 5) is 28.4. The molecule has 41 heavy (non-hydrogen) atoms. The minimum Gasteiger partial charge on any atom is -0.393 e. The Balaban J connectivity index is 0.00000337. The first-order valence-electron chi connectivity index (χ1n) is 13.8. The van der Waals surface area contributed by atoms with Crippen molar-refractivity contribution in [3.63, 3.8) is 0 Å². The van der Waals surface area contributed by atoms with Crippen molar-refractivity contribution >= 4 is 34.7 Å². The van der Waals surface area contributed by atoms with Crippen molar-refractivity contribution in [1.82, 2.24) is 24.4 Å². The second-order valence-electron chi connectivity index (χ2n) is 10.8. The van der Waals surface area contributed by atoms with E-state index in [0.717, 1.165) is 25.7 Å². The van der Waals surface area contributed by atoms with Gasteiger partial charge in [-0.25, -0.2) is 23.1 Å². The van der Waals surface area contributed by atoms with Gasteiger partial charge >= 0.3 is 0 Å². The maximum atomic E-state index is 14.4. The van der Waals surface area contributed by atoms with E-state index in [4.69, 9.17) is 9.72 Å². The van der Waals surface area contributed by atoms with Crippen molar-refractivity contribution in [2.75, 3.05) is 36.9 Å². The second kappa shape index (κ2) is 12.2. The Morgan fingerprint density at radius 2 is 1.71 bits per heavy atom. The normalized spacial score (nSPS) is 23.4. The zero-order chi connectivity index (χ0) is 27.8. The SMILES string of the molecule is C.O=C(C1CCC(Nc2ncc3nc(Nc4c(F)cc(F)cc4F)n([C@H]4CCOC4)c3n2)CC1)N1CCC(O)CC1. The fourth-order valence-electron chi connectivity index (χ4n) is 5.91. The van der Waals surface area contributed by atoms with Crippen LogP contribution in [0.3, 0.4) is 0 Å². The predicted octanol–water partition coefficient (Wildman–Crippen LogP) is 4.54. The van der Waals surface area contributed by atoms with Gasteiger partial charge in [-0.3, -0.25) is 9.36 Å². The monoisotopic (exact) mass is 575 g/mol. The number of nitrogens with zero attached hydrogens (tertiary/aromatic N) is 5. The summed E-state index contributed by atoms with van der Waals surface area (Å²) in [5.74, 6) is -2.42. The number of halogens is 3. The molecule has 1 amide bonds. The van der Waals surface area contributed by atoms with Crippen molar-refractivity contribution in [3.8, 4) is 0 Å². The minimum absolute atomic E-state index is 0. The van der Waals surface area contributed by atoms with E-state index in [-0.39, 0.29) is 43.4 Å². The third-order valence-corrected chi connectivity index (χ3v) is 8.13. The molecule has 1 atom stereocenters. The Morgan fingerprint density at radius 3 is 2.37 bits per heavy atom. The molecule has 3 N–H and O–H groups in total. The van der Waals surface area contributed by atoms with Crippen LogP contribution in [0.5, 0.6) is 0 Å². The van der Waals surface area contributed by atoms with Crippen molar-refractivity contribution < 1.29 is 27.8 Å². The Hall–Kier alpha value is -3.45. The van der Waals surface area contributed by atoms with E-state index in [1.54, 1.807) is 10.8 Å². The van der Waals surface area contributed by atoms with Crippen LogP contribution >= 0.6 is 0 Å². The van der Waals surface area contributed by atoms with Gasteiger partial charge in [0.2, 0.25) is 17.8 Å². The van der Waals surface area contributed by atoms with Crippen LogP contribution in [0.15, 0.2) is 18.3 Å². The van der Waals surface area contributed by atoms with E-state index in [1.165, 1.54) is 0 Å². The summed E-state index contributed by atoms with van der Waals surface area (Å²) in [6.07, 6.45) is 6.29. The number of nitrogens with one attached hydrogen (secondary N) is 2. The van der Waals surface area contributed by atoms with Crippen molar-refractivity contribution in [2.45, 2.75) is 70.6 Å². The number of hydrogen-bond acceptors (Lipinski definition) is 8. The number of likely N-dealkylation sites (tertiary alicyclic amines) is 1. The molecule has 222 valence electrons. The number of imidazole rings is 1. The summed E-state index contributed by atoms with van der Waals surface area (Å²) in [6, 6.07) is 1.14. The summed E-state index contributed by atoms with van der Waals surface area (Å²) >= 11 is 0. The topological polar surface area (TPSA) is 117 Å². The van der Waals surface area contributed by atoms with Gasteiger partial charge in [0, 0.05) is 43.8 Å². The van der Waals surface area contributed by atoms with E-state index < -0.39 is 23.1 Å². The average molecular weight is 576 g/mol. The highest BCUT2D eigenvalue weighted by Gasteiger charge is 2.32. The lowest BCUT2D eigenvalue weighted by molar-refractivity contribution is -0.138. The molecule has 2 saturated heterocycles. The van der Waals surface area contributed by atoms with Gasteiger partial charge in [-0.05, 0) is 44.9 Å². The summed E-state index contributed by atoms with van der Waals surface area (Å²) < 4.78 is 49.6. The number of piperidine rings is 1. The van der Waals surface area contributed by atoms with Gasteiger partial charge in [-0.15, -0.1) is 0 Å². The van der Waals surface area contributed by atoms with Crippen LogP contribution in [-0.2, 0) is 9.53 Å². The molecular formula is C28H36F3N7O3. The maximum absolute atomic E-state index is 14.4. The van der Waals surface area contributed by atoms with Gasteiger partial charge in [0.05, 0.1) is 24.9 Å². The van der Waals surface area contributed by atoms with Crippen LogP contribution in [0.1, 0.15) is 58.4 Å². The smallest absolute Gasteiger partial charge is 0.225 e. The largest absolute Gasteiger partial charge is 0.393 e. The number of ether oxygens (including phenoxy) is 1. The average Bonchev–Trinajstić information content (AvgIpc) is 3.58. The van der Waals surface area contributed by atoms with Crippen LogP contribution in [0, 0.1) is 23.4 Å². The van der Waals surface area contributed by atoms with Crippen LogP contribution in [0.4, 0.5) is 30.8 Å². The summed E-state index contributed by atoms with van der Waals surface area (Å²) in [5.41, 5.74) is 0.411. The molecule has 0 bridgehead atoms. The number of carbonyl (C=O) groups excluding carboxylic acids is 1. The fourth-order valence-corrected chi connectivity index (χ4v) is 5.91. The number of hydrogen-bond donors (Lipinski definition) is 3. The first-order chi connectivity index (χ1) is 19.4. The third-order valence-electron chi connectivity index (χ3n) is 8.13. The first kappa shape index (κ1) is 29.1. The Kier molecular flexibility index (Phi) is 8.64. The lowest BCUT2D eigenvalue weighted by Gasteiger charge is -2.35. The standard InChI is InChI=1S/C27H32F3N7O3.CH4/c28-16-11-20(29)23(21(30)12-16)34-27-33-22-13-31-26(35-24(22)37(27)18-7-10-40-14-18)32-17-3-1-15(2-4-17)25(39)36-8-5-19(38)6-9-36;/h11-13,15,17-19,38H,1-10,14H2,(H,33,34)(H,31,32,35);1H4/t15?,17?,18-;/m0./s1. The number of amides is 1. The third kappa shape index (κ3) is 6.10. The number of aromatic nitrogens is 4. The number of anilines is 3. The van der Waals surface area contributed by atoms with Crippen LogP contribution < -0.4 is 10.6 Å². The Labute approximate surface area is 236 Å². The molecule has 4 heterocycles. The molecule has 0 spiro atoms. The van der Waals surface area contributed by atoms with Gasteiger partial charge in [0.1, 0.15) is 17.0 Å². The van der Waals surface area contributed by atoms with Crippen molar-refractivity contribution in [2.24, 2.45) is 5.92 Å². The van der Waals surface area contributed by atoms with Gasteiger partial charge in [0.25, 0.3) is 0 Å². The van der Waals surface area contributed by atoms with Crippen molar-refractivity contribution in [1.29, 1.82) is 0 Å². The molecule has 13 heteroatoms. The van der Waals surface area contributed by atoms with E-state index in [1.807, 2.05) is 4.90 Å². The van der Waals surface area contributed by atoms with Crippen LogP contribution in [0.25, 0.3) is 11.2 Å². The quantitative estimate of drug-likeness (QED) is 0.392. The molecule has 10 nitrogen and oxygen atoms in total. The second-order valence-corrected chi connectivity index (χ2v) is 10.8. The maximum Gasteiger partial charge on any atom is 0.225 e. The molecule has 1 saturated carbocycles. The highest BCUT2D eigenvalue weighted by atomic mass is 19.1. The number of carbonyl (C=O) groups is 1. The molecule has 0 unspecified atom stereocenters. The molecule has 3 aromatic rings. The van der Waals surface area contributed by atoms with E-state index >= 15 is 0 Å². The number of benzene rings is 1. The summed E-state index contributed by atoms with van der Waals surface area (Å²) in [7, 11) is 0. The molecule has 3 aliphatic rings. The lowest BCUT2D eigenvalue weighted by Crippen LogP contribution is -2.44. The van der Waals surface area contributed by atoms with E-state index in [2.05, 4.69) is 20.6 Å². The number of aliphatic hydroxyl groups is 1. The first-order valence-corrected chi connectivity index (χ1v) is 13.8. The van der Waals surface area contributed by atoms with E-state index in [9.17, 15) is 23.1 Å². The Morgan fingerprint density at radius 1 is 1.00 bits per heavy atom. The van der Waals surface area contributed by atoms with Crippen LogP contribution in [-0.4, -0.2) is 73.9 Å². The number of fused-ring (bicyclic) bond motifs is 1.